The van der Waals surface area contributed by atoms with Crippen LogP contribution in [0.4, 0.5) is 26.3 Å². The molecule has 2 rings (SSSR count). The van der Waals surface area contributed by atoms with Gasteiger partial charge in [0.15, 0.2) is 0 Å². The topological polar surface area (TPSA) is 64.7 Å². The number of hydrogen-bond donors (Lipinski definition) is 0. The van der Waals surface area contributed by atoms with Crippen molar-refractivity contribution in [3.8, 4) is 0 Å². The molecule has 0 spiro atoms. The third-order valence-corrected chi connectivity index (χ3v) is 3.44. The molecule has 0 aliphatic heterocycles. The maximum atomic E-state index is 13.7. The van der Waals surface area contributed by atoms with Crippen LogP contribution in [-0.4, -0.2) is 46.6 Å². The third kappa shape index (κ3) is 10.1. The summed E-state index contributed by atoms with van der Waals surface area (Å²) in [6, 6.07) is 3.10. The SMILES string of the molecule is Cc1cc(C(=O)N(C)C)ncc1[CH-]c1c(F)ccc(F)c1F.O.[CH2-]CC(F)(F)F.[CH2]=[Os]. The van der Waals surface area contributed by atoms with Crippen LogP contribution in [0.5, 0.6) is 0 Å². The fourth-order valence-corrected chi connectivity index (χ4v) is 1.89. The van der Waals surface area contributed by atoms with Crippen molar-refractivity contribution >= 4 is 11.0 Å². The Morgan fingerprint density at radius 3 is 2.10 bits per heavy atom. The first kappa shape index (κ1) is 30.9. The maximum absolute atomic E-state index is 13.7. The minimum atomic E-state index is -4.07. The minimum absolute atomic E-state index is 0. The molecule has 176 valence electrons. The molecule has 1 heterocycles. The summed E-state index contributed by atoms with van der Waals surface area (Å²) in [6.07, 6.45) is -2.55. The van der Waals surface area contributed by atoms with Crippen LogP contribution in [0.3, 0.4) is 0 Å². The molecule has 1 aromatic heterocycles. The van der Waals surface area contributed by atoms with E-state index in [0.29, 0.717) is 11.1 Å². The van der Waals surface area contributed by atoms with E-state index in [1.165, 1.54) is 23.6 Å². The summed E-state index contributed by atoms with van der Waals surface area (Å²) >= 11 is 1.61. The zero-order valence-electron chi connectivity index (χ0n) is 16.9. The molecule has 2 N–H and O–H groups in total. The Labute approximate surface area is 187 Å². The van der Waals surface area contributed by atoms with Crippen LogP contribution in [0.2, 0.25) is 0 Å². The number of nitrogens with zero attached hydrogens (tertiary/aromatic N) is 2. The van der Waals surface area contributed by atoms with E-state index >= 15 is 0 Å². The molecule has 4 nitrogen and oxygen atoms in total. The molecule has 0 fully saturated rings. The number of rotatable bonds is 3. The van der Waals surface area contributed by atoms with Crippen LogP contribution < -0.4 is 0 Å². The molecule has 1 aromatic carbocycles. The van der Waals surface area contributed by atoms with E-state index in [1.807, 2.05) is 0 Å². The van der Waals surface area contributed by atoms with Gasteiger partial charge in [0.1, 0.15) is 17.3 Å². The van der Waals surface area contributed by atoms with Crippen molar-refractivity contribution in [2.45, 2.75) is 19.5 Å². The molecular formula is C20H22F6N2O2Os-2. The molecule has 0 radical (unpaired) electrons. The molecule has 2 aromatic rings. The summed E-state index contributed by atoms with van der Waals surface area (Å²) < 4.78 is 72.7. The van der Waals surface area contributed by atoms with E-state index < -0.39 is 35.6 Å². The first-order chi connectivity index (χ1) is 13.9. The summed E-state index contributed by atoms with van der Waals surface area (Å²) in [4.78, 5) is 17.2. The number of aryl methyl sites for hydroxylation is 1. The number of pyridine rings is 1. The van der Waals surface area contributed by atoms with Crippen LogP contribution in [-0.2, 0) is 18.1 Å². The Balaban J connectivity index is 0. The fourth-order valence-electron chi connectivity index (χ4n) is 1.89. The van der Waals surface area contributed by atoms with Crippen LogP contribution in [0.25, 0.3) is 0 Å². The molecular weight excluding hydrogens is 604 g/mol. The number of benzene rings is 1. The monoisotopic (exact) mass is 628 g/mol. The zero-order chi connectivity index (χ0) is 23.6. The van der Waals surface area contributed by atoms with Gasteiger partial charge in [0.25, 0.3) is 5.91 Å². The van der Waals surface area contributed by atoms with Gasteiger partial charge >= 0.3 is 29.4 Å². The Hall–Kier alpha value is -2.24. The van der Waals surface area contributed by atoms with Crippen molar-refractivity contribution in [2.75, 3.05) is 14.1 Å². The summed E-state index contributed by atoms with van der Waals surface area (Å²) in [5, 5.41) is 3.28. The summed E-state index contributed by atoms with van der Waals surface area (Å²) in [5.41, 5.74) is 0.749. The van der Waals surface area contributed by atoms with Crippen LogP contribution in [0.15, 0.2) is 24.4 Å². The number of alkyl halides is 3. The van der Waals surface area contributed by atoms with Gasteiger partial charge in [-0.2, -0.15) is 13.2 Å². The van der Waals surface area contributed by atoms with Crippen molar-refractivity contribution in [1.29, 1.82) is 0 Å². The van der Waals surface area contributed by atoms with Gasteiger partial charge in [0.05, 0.1) is 5.82 Å². The molecule has 11 heteroatoms. The van der Waals surface area contributed by atoms with E-state index in [2.05, 4.69) is 17.0 Å². The number of hydrogen-bond acceptors (Lipinski definition) is 2. The van der Waals surface area contributed by atoms with Gasteiger partial charge in [-0.25, -0.2) is 8.78 Å². The van der Waals surface area contributed by atoms with Gasteiger partial charge in [-0.3, -0.25) is 14.2 Å². The van der Waals surface area contributed by atoms with Gasteiger partial charge in [-0.1, -0.05) is 31.0 Å². The Kier molecular flexibility index (Phi) is 13.9. The predicted molar refractivity (Wildman–Crippen MR) is 103 cm³/mol. The standard InChI is InChI=1S/C16H14F3N2O.C3H4F3.CH2.H2O.Os/c1-9-6-14(16(22)21(2)3)20-8-10(9)7-11-12(17)4-5-13(18)15(11)19;1-2-3(4,5)6;;;/h4-8H,1-3H3;1-2H2;2*1H2;/q2*-1;;;. The molecule has 0 atom stereocenters. The molecule has 0 unspecified atom stereocenters. The predicted octanol–water partition coefficient (Wildman–Crippen LogP) is 4.02. The van der Waals surface area contributed by atoms with Gasteiger partial charge in [-0.05, 0) is 12.3 Å². The van der Waals surface area contributed by atoms with Crippen LogP contribution >= 0.6 is 0 Å². The number of carbonyl (C=O) groups excluding carboxylic acids is 1. The molecule has 0 saturated carbocycles. The second kappa shape index (κ2) is 13.9. The van der Waals surface area contributed by atoms with Crippen molar-refractivity contribution in [3.05, 3.63) is 77.6 Å². The molecule has 0 aliphatic rings. The summed E-state index contributed by atoms with van der Waals surface area (Å²) in [5.74, 6) is -3.53. The second-order valence-corrected chi connectivity index (χ2v) is 5.89. The average molecular weight is 627 g/mol. The Morgan fingerprint density at radius 1 is 1.19 bits per heavy atom. The second-order valence-electron chi connectivity index (χ2n) is 5.89. The van der Waals surface area contributed by atoms with E-state index in [9.17, 15) is 31.1 Å². The Morgan fingerprint density at radius 2 is 1.68 bits per heavy atom. The molecule has 31 heavy (non-hydrogen) atoms. The van der Waals surface area contributed by atoms with E-state index in [0.717, 1.165) is 12.1 Å². The van der Waals surface area contributed by atoms with Gasteiger partial charge in [0, 0.05) is 14.1 Å². The molecule has 0 saturated heterocycles. The van der Waals surface area contributed by atoms with E-state index in [1.54, 1.807) is 39.2 Å². The van der Waals surface area contributed by atoms with Crippen molar-refractivity contribution in [3.63, 3.8) is 0 Å². The quantitative estimate of drug-likeness (QED) is 0.294. The summed E-state index contributed by atoms with van der Waals surface area (Å²) in [6.45, 7) is 4.31. The van der Waals surface area contributed by atoms with Gasteiger partial charge in [0.2, 0.25) is 0 Å². The third-order valence-electron chi connectivity index (χ3n) is 3.44. The normalized spacial score (nSPS) is 9.90. The summed E-state index contributed by atoms with van der Waals surface area (Å²) in [7, 11) is 3.19. The number of halogens is 6. The van der Waals surface area contributed by atoms with Crippen molar-refractivity contribution in [1.82, 2.24) is 9.88 Å². The molecule has 1 amide bonds. The number of aromatic nitrogens is 1. The molecule has 0 bridgehead atoms. The van der Waals surface area contributed by atoms with E-state index in [-0.39, 0.29) is 17.1 Å². The Bertz CT molecular complexity index is 860. The van der Waals surface area contributed by atoms with Crippen molar-refractivity contribution < 1.29 is 54.8 Å². The van der Waals surface area contributed by atoms with Crippen molar-refractivity contribution in [2.24, 2.45) is 0 Å². The fraction of sp³-hybridized carbons (Fsp3) is 0.250. The average Bonchev–Trinajstić information content (AvgIpc) is 2.70. The van der Waals surface area contributed by atoms with Crippen LogP contribution in [0.1, 0.15) is 33.6 Å². The number of carbonyl (C=O) groups is 1. The number of amides is 1. The van der Waals surface area contributed by atoms with Crippen LogP contribution in [0, 0.1) is 37.7 Å². The zero-order valence-corrected chi connectivity index (χ0v) is 19.5. The van der Waals surface area contributed by atoms with E-state index in [4.69, 9.17) is 0 Å². The van der Waals surface area contributed by atoms with Gasteiger partial charge < -0.3 is 17.3 Å². The molecule has 0 aliphatic carbocycles. The first-order valence-corrected chi connectivity index (χ1v) is 9.94. The van der Waals surface area contributed by atoms with Gasteiger partial charge in [-0.15, -0.1) is 17.5 Å². The first-order valence-electron chi connectivity index (χ1n) is 8.15.